The highest BCUT2D eigenvalue weighted by atomic mass is 35.5. The number of rotatable bonds is 4. The standard InChI is InChI=1S/C17H28N4O2.ClH/c1-16(2)14(10-17(16,3)23-4)19-15(22)13-7-9-21(20-13)12-6-5-8-18-11-12;/h7,9,12,14,18H,5-6,8,10-11H2,1-4H3,(H,19,22);1H. The molecule has 1 saturated carbocycles. The first-order valence-corrected chi connectivity index (χ1v) is 8.49. The molecule has 3 atom stereocenters. The number of nitrogens with one attached hydrogen (secondary N) is 2. The van der Waals surface area contributed by atoms with E-state index in [0.717, 1.165) is 32.4 Å². The fraction of sp³-hybridized carbons (Fsp3) is 0.765. The maximum atomic E-state index is 12.5. The fourth-order valence-corrected chi connectivity index (χ4v) is 3.68. The summed E-state index contributed by atoms with van der Waals surface area (Å²) < 4.78 is 7.53. The first-order chi connectivity index (χ1) is 10.9. The van der Waals surface area contributed by atoms with E-state index in [-0.39, 0.29) is 35.4 Å². The van der Waals surface area contributed by atoms with Gasteiger partial charge in [-0.15, -0.1) is 12.4 Å². The number of halogens is 1. The number of carbonyl (C=O) groups is 1. The third-order valence-corrected chi connectivity index (χ3v) is 6.07. The minimum absolute atomic E-state index is 0. The lowest BCUT2D eigenvalue weighted by Gasteiger charge is -2.59. The Kier molecular flexibility index (Phi) is 5.62. The molecule has 0 aromatic carbocycles. The van der Waals surface area contributed by atoms with Crippen LogP contribution in [0.1, 0.15) is 56.6 Å². The van der Waals surface area contributed by atoms with Gasteiger partial charge in [0.25, 0.3) is 5.91 Å². The minimum atomic E-state index is -0.182. The Morgan fingerprint density at radius 2 is 2.21 bits per heavy atom. The monoisotopic (exact) mass is 356 g/mol. The van der Waals surface area contributed by atoms with Gasteiger partial charge in [-0.05, 0) is 38.8 Å². The predicted molar refractivity (Wildman–Crippen MR) is 95.7 cm³/mol. The number of piperidine rings is 1. The Morgan fingerprint density at radius 1 is 1.46 bits per heavy atom. The van der Waals surface area contributed by atoms with Gasteiger partial charge in [0, 0.05) is 31.3 Å². The third-order valence-electron chi connectivity index (χ3n) is 6.07. The van der Waals surface area contributed by atoms with E-state index < -0.39 is 0 Å². The molecule has 6 nitrogen and oxygen atoms in total. The van der Waals surface area contributed by atoms with Crippen molar-refractivity contribution in [1.82, 2.24) is 20.4 Å². The number of ether oxygens (including phenoxy) is 1. The van der Waals surface area contributed by atoms with E-state index in [1.54, 1.807) is 7.11 Å². The van der Waals surface area contributed by atoms with Gasteiger partial charge < -0.3 is 15.4 Å². The zero-order chi connectivity index (χ0) is 16.7. The highest BCUT2D eigenvalue weighted by Crippen LogP contribution is 2.51. The van der Waals surface area contributed by atoms with Crippen molar-refractivity contribution in [2.75, 3.05) is 20.2 Å². The fourth-order valence-electron chi connectivity index (χ4n) is 3.68. The average molecular weight is 357 g/mol. The molecular formula is C17H29ClN4O2. The summed E-state index contributed by atoms with van der Waals surface area (Å²) in [5.41, 5.74) is 0.225. The molecule has 3 rings (SSSR count). The Morgan fingerprint density at radius 3 is 2.79 bits per heavy atom. The van der Waals surface area contributed by atoms with E-state index in [4.69, 9.17) is 4.74 Å². The third kappa shape index (κ3) is 3.19. The SMILES string of the molecule is COC1(C)CC(NC(=O)c2ccn(C3CCCNC3)n2)C1(C)C.Cl. The molecular weight excluding hydrogens is 328 g/mol. The Bertz CT molecular complexity index is 583. The van der Waals surface area contributed by atoms with Gasteiger partial charge in [-0.3, -0.25) is 9.48 Å². The summed E-state index contributed by atoms with van der Waals surface area (Å²) in [6.45, 7) is 8.36. The maximum Gasteiger partial charge on any atom is 0.272 e. The molecule has 1 aromatic rings. The van der Waals surface area contributed by atoms with Gasteiger partial charge in [0.2, 0.25) is 0 Å². The maximum absolute atomic E-state index is 12.5. The smallest absolute Gasteiger partial charge is 0.272 e. The number of amides is 1. The normalized spacial score (nSPS) is 31.7. The molecule has 0 bridgehead atoms. The molecule has 24 heavy (non-hydrogen) atoms. The molecule has 0 radical (unpaired) electrons. The van der Waals surface area contributed by atoms with Crippen LogP contribution in [-0.2, 0) is 4.74 Å². The summed E-state index contributed by atoms with van der Waals surface area (Å²) in [5.74, 6) is -0.0938. The lowest BCUT2D eigenvalue weighted by atomic mass is 9.56. The summed E-state index contributed by atoms with van der Waals surface area (Å²) in [5, 5.41) is 11.0. The van der Waals surface area contributed by atoms with E-state index in [0.29, 0.717) is 11.7 Å². The van der Waals surface area contributed by atoms with Crippen LogP contribution in [0.25, 0.3) is 0 Å². The van der Waals surface area contributed by atoms with Crippen LogP contribution in [0, 0.1) is 5.41 Å². The second-order valence-electron chi connectivity index (χ2n) is 7.57. The number of methoxy groups -OCH3 is 1. The molecule has 1 aliphatic carbocycles. The molecule has 2 fully saturated rings. The molecule has 1 aromatic heterocycles. The molecule has 1 aliphatic heterocycles. The minimum Gasteiger partial charge on any atom is -0.378 e. The average Bonchev–Trinajstić information content (AvgIpc) is 3.05. The summed E-state index contributed by atoms with van der Waals surface area (Å²) in [6, 6.07) is 2.27. The lowest BCUT2D eigenvalue weighted by molar-refractivity contribution is -0.177. The van der Waals surface area contributed by atoms with Crippen molar-refractivity contribution in [2.24, 2.45) is 5.41 Å². The van der Waals surface area contributed by atoms with Gasteiger partial charge in [-0.1, -0.05) is 13.8 Å². The molecule has 2 N–H and O–H groups in total. The first kappa shape index (κ1) is 19.2. The van der Waals surface area contributed by atoms with Crippen molar-refractivity contribution >= 4 is 18.3 Å². The van der Waals surface area contributed by atoms with E-state index in [1.165, 1.54) is 0 Å². The predicted octanol–water partition coefficient (Wildman–Crippen LogP) is 2.16. The van der Waals surface area contributed by atoms with Crippen molar-refractivity contribution in [3.63, 3.8) is 0 Å². The van der Waals surface area contributed by atoms with Crippen molar-refractivity contribution in [2.45, 2.75) is 57.7 Å². The molecule has 0 spiro atoms. The number of hydrogen-bond acceptors (Lipinski definition) is 4. The van der Waals surface area contributed by atoms with E-state index in [9.17, 15) is 4.79 Å². The van der Waals surface area contributed by atoms with Gasteiger partial charge >= 0.3 is 0 Å². The van der Waals surface area contributed by atoms with Crippen LogP contribution in [0.4, 0.5) is 0 Å². The van der Waals surface area contributed by atoms with Crippen LogP contribution < -0.4 is 10.6 Å². The first-order valence-electron chi connectivity index (χ1n) is 8.49. The molecule has 1 amide bonds. The van der Waals surface area contributed by atoms with Crippen LogP contribution in [0.3, 0.4) is 0 Å². The van der Waals surface area contributed by atoms with Gasteiger partial charge in [0.15, 0.2) is 0 Å². The van der Waals surface area contributed by atoms with Crippen LogP contribution in [0.2, 0.25) is 0 Å². The Balaban J connectivity index is 0.00000208. The van der Waals surface area contributed by atoms with Crippen molar-refractivity contribution in [3.05, 3.63) is 18.0 Å². The number of hydrogen-bond donors (Lipinski definition) is 2. The van der Waals surface area contributed by atoms with E-state index >= 15 is 0 Å². The van der Waals surface area contributed by atoms with Gasteiger partial charge in [-0.2, -0.15) is 5.10 Å². The van der Waals surface area contributed by atoms with E-state index in [1.807, 2.05) is 16.9 Å². The molecule has 2 aliphatic rings. The summed E-state index contributed by atoms with van der Waals surface area (Å²) >= 11 is 0. The zero-order valence-electron chi connectivity index (χ0n) is 15.0. The quantitative estimate of drug-likeness (QED) is 0.867. The molecule has 3 unspecified atom stereocenters. The van der Waals surface area contributed by atoms with Crippen molar-refractivity contribution < 1.29 is 9.53 Å². The molecule has 7 heteroatoms. The zero-order valence-corrected chi connectivity index (χ0v) is 15.8. The van der Waals surface area contributed by atoms with Crippen LogP contribution in [0.5, 0.6) is 0 Å². The summed E-state index contributed by atoms with van der Waals surface area (Å²) in [7, 11) is 1.74. The number of carbonyl (C=O) groups excluding carboxylic acids is 1. The van der Waals surface area contributed by atoms with Crippen molar-refractivity contribution in [3.8, 4) is 0 Å². The molecule has 136 valence electrons. The summed E-state index contributed by atoms with van der Waals surface area (Å²) in [6.07, 6.45) is 5.00. The van der Waals surface area contributed by atoms with Gasteiger partial charge in [0.05, 0.1) is 11.6 Å². The van der Waals surface area contributed by atoms with Gasteiger partial charge in [-0.25, -0.2) is 0 Å². The molecule has 1 saturated heterocycles. The highest BCUT2D eigenvalue weighted by molar-refractivity contribution is 5.92. The van der Waals surface area contributed by atoms with Crippen LogP contribution in [-0.4, -0.2) is 47.5 Å². The topological polar surface area (TPSA) is 68.2 Å². The Labute approximate surface area is 150 Å². The summed E-state index contributed by atoms with van der Waals surface area (Å²) in [4.78, 5) is 12.5. The van der Waals surface area contributed by atoms with Gasteiger partial charge in [0.1, 0.15) is 5.69 Å². The number of nitrogens with zero attached hydrogens (tertiary/aromatic N) is 2. The van der Waals surface area contributed by atoms with Crippen molar-refractivity contribution in [1.29, 1.82) is 0 Å². The number of aromatic nitrogens is 2. The van der Waals surface area contributed by atoms with Crippen LogP contribution >= 0.6 is 12.4 Å². The highest BCUT2D eigenvalue weighted by Gasteiger charge is 2.58. The molecule has 2 heterocycles. The van der Waals surface area contributed by atoms with E-state index in [2.05, 4.69) is 36.5 Å². The Hall–Kier alpha value is -1.11. The lowest BCUT2D eigenvalue weighted by Crippen LogP contribution is -2.68. The largest absolute Gasteiger partial charge is 0.378 e. The second-order valence-corrected chi connectivity index (χ2v) is 7.57. The second kappa shape index (κ2) is 7.02. The van der Waals surface area contributed by atoms with Crippen LogP contribution in [0.15, 0.2) is 12.3 Å².